The van der Waals surface area contributed by atoms with E-state index >= 15 is 0 Å². The zero-order valence-corrected chi connectivity index (χ0v) is 9.66. The van der Waals surface area contributed by atoms with E-state index < -0.39 is 5.97 Å². The lowest BCUT2D eigenvalue weighted by Crippen LogP contribution is -1.95. The number of hydrogen-bond donors (Lipinski definition) is 1. The summed E-state index contributed by atoms with van der Waals surface area (Å²) >= 11 is 0. The monoisotopic (exact) mass is 220 g/mol. The standard InChI is InChI=1S/C5H8O2.C4H5N.C3H3N/c1-3-4(2)5(6)7;1-4(2)3-5;1-2-3-4/h2-3H2,1H3,(H,6,7);1H2,2H3;2H,1H2. The summed E-state index contributed by atoms with van der Waals surface area (Å²) in [5, 5.41) is 23.4. The minimum absolute atomic E-state index is 0.264. The number of rotatable bonds is 2. The highest BCUT2D eigenvalue weighted by atomic mass is 16.4. The van der Waals surface area contributed by atoms with Crippen LogP contribution in [0.5, 0.6) is 0 Å². The molecule has 0 aliphatic carbocycles. The lowest BCUT2D eigenvalue weighted by molar-refractivity contribution is -0.132. The predicted molar refractivity (Wildman–Crippen MR) is 63.3 cm³/mol. The zero-order valence-electron chi connectivity index (χ0n) is 9.66. The number of carboxylic acids is 1. The number of carboxylic acid groups (broad SMARTS) is 1. The number of hydrogen-bond acceptors (Lipinski definition) is 3. The third-order valence-corrected chi connectivity index (χ3v) is 1.01. The summed E-state index contributed by atoms with van der Waals surface area (Å²) in [5.41, 5.74) is 0.824. The van der Waals surface area contributed by atoms with Crippen LogP contribution in [0.25, 0.3) is 0 Å². The van der Waals surface area contributed by atoms with Crippen LogP contribution < -0.4 is 0 Å². The van der Waals surface area contributed by atoms with Crippen molar-refractivity contribution in [2.24, 2.45) is 0 Å². The van der Waals surface area contributed by atoms with E-state index in [2.05, 4.69) is 19.7 Å². The highest BCUT2D eigenvalue weighted by Gasteiger charge is 1.96. The van der Waals surface area contributed by atoms with Gasteiger partial charge in [0.05, 0.1) is 12.1 Å². The van der Waals surface area contributed by atoms with E-state index in [0.717, 1.165) is 0 Å². The van der Waals surface area contributed by atoms with Crippen LogP contribution in [0, 0.1) is 22.7 Å². The molecular weight excluding hydrogens is 204 g/mol. The molecular formula is C12H16N2O2. The second-order valence-electron chi connectivity index (χ2n) is 2.49. The van der Waals surface area contributed by atoms with Gasteiger partial charge >= 0.3 is 5.97 Å². The maximum absolute atomic E-state index is 9.83. The Morgan fingerprint density at radius 1 is 1.44 bits per heavy atom. The molecule has 0 amide bonds. The smallest absolute Gasteiger partial charge is 0.330 e. The Morgan fingerprint density at radius 2 is 1.75 bits per heavy atom. The molecule has 0 aromatic carbocycles. The highest BCUT2D eigenvalue weighted by Crippen LogP contribution is 1.93. The van der Waals surface area contributed by atoms with E-state index in [1.165, 1.54) is 6.08 Å². The maximum Gasteiger partial charge on any atom is 0.330 e. The van der Waals surface area contributed by atoms with Crippen molar-refractivity contribution in [3.05, 3.63) is 37.0 Å². The molecule has 0 aromatic heterocycles. The van der Waals surface area contributed by atoms with Crippen molar-refractivity contribution in [2.75, 3.05) is 0 Å². The van der Waals surface area contributed by atoms with Crippen LogP contribution in [0.2, 0.25) is 0 Å². The summed E-state index contributed by atoms with van der Waals surface area (Å²) in [6.07, 6.45) is 1.70. The Balaban J connectivity index is -0.000000166. The molecule has 0 unspecified atom stereocenters. The fourth-order valence-corrected chi connectivity index (χ4v) is 0.151. The molecule has 0 aliphatic rings. The minimum atomic E-state index is -0.900. The van der Waals surface area contributed by atoms with Gasteiger partial charge < -0.3 is 5.11 Å². The van der Waals surface area contributed by atoms with Gasteiger partial charge in [0.1, 0.15) is 0 Å². The first-order valence-electron chi connectivity index (χ1n) is 4.34. The molecule has 0 saturated carbocycles. The van der Waals surface area contributed by atoms with Crippen LogP contribution >= 0.6 is 0 Å². The second-order valence-corrected chi connectivity index (χ2v) is 2.49. The first-order valence-corrected chi connectivity index (χ1v) is 4.34. The third kappa shape index (κ3) is 29.9. The topological polar surface area (TPSA) is 84.9 Å². The molecule has 0 fully saturated rings. The molecule has 0 aliphatic heterocycles. The normalized spacial score (nSPS) is 6.25. The van der Waals surface area contributed by atoms with Crippen molar-refractivity contribution in [2.45, 2.75) is 20.3 Å². The van der Waals surface area contributed by atoms with Gasteiger partial charge in [-0.1, -0.05) is 26.7 Å². The summed E-state index contributed by atoms with van der Waals surface area (Å²) in [4.78, 5) is 9.83. The molecule has 0 heterocycles. The van der Waals surface area contributed by atoms with E-state index in [-0.39, 0.29) is 5.57 Å². The zero-order chi connectivity index (χ0) is 13.6. The Hall–Kier alpha value is -2.33. The van der Waals surface area contributed by atoms with Crippen molar-refractivity contribution in [3.63, 3.8) is 0 Å². The summed E-state index contributed by atoms with van der Waals surface area (Å²) in [5.74, 6) is -0.900. The van der Waals surface area contributed by atoms with Gasteiger partial charge in [0.25, 0.3) is 0 Å². The van der Waals surface area contributed by atoms with Gasteiger partial charge in [-0.05, 0) is 13.3 Å². The largest absolute Gasteiger partial charge is 0.478 e. The molecule has 16 heavy (non-hydrogen) atoms. The second kappa shape index (κ2) is 15.2. The Bertz CT molecular complexity index is 330. The van der Waals surface area contributed by atoms with E-state index in [0.29, 0.717) is 12.0 Å². The fraction of sp³-hybridized carbons (Fsp3) is 0.250. The fourth-order valence-electron chi connectivity index (χ4n) is 0.151. The van der Waals surface area contributed by atoms with Crippen molar-refractivity contribution in [1.82, 2.24) is 0 Å². The van der Waals surface area contributed by atoms with Crippen LogP contribution in [0.15, 0.2) is 37.0 Å². The van der Waals surface area contributed by atoms with E-state index in [1.54, 1.807) is 19.9 Å². The molecule has 0 rings (SSSR count). The van der Waals surface area contributed by atoms with Gasteiger partial charge in [0, 0.05) is 17.2 Å². The quantitative estimate of drug-likeness (QED) is 0.572. The van der Waals surface area contributed by atoms with Crippen LogP contribution in [0.4, 0.5) is 0 Å². The molecule has 0 spiro atoms. The summed E-state index contributed by atoms with van der Waals surface area (Å²) in [6, 6.07) is 3.53. The van der Waals surface area contributed by atoms with Crippen molar-refractivity contribution >= 4 is 5.97 Å². The van der Waals surface area contributed by atoms with Gasteiger partial charge in [-0.3, -0.25) is 0 Å². The molecule has 4 nitrogen and oxygen atoms in total. The SMILES string of the molecule is C=C(C)C#N.C=C(CC)C(=O)O.C=CC#N. The summed E-state index contributed by atoms with van der Waals surface area (Å²) < 4.78 is 0. The lowest BCUT2D eigenvalue weighted by atomic mass is 10.2. The van der Waals surface area contributed by atoms with E-state index in [4.69, 9.17) is 15.6 Å². The predicted octanol–water partition coefficient (Wildman–Crippen LogP) is 2.82. The molecule has 0 saturated heterocycles. The number of nitriles is 2. The summed E-state index contributed by atoms with van der Waals surface area (Å²) in [6.45, 7) is 13.1. The van der Waals surface area contributed by atoms with Gasteiger partial charge in [-0.2, -0.15) is 10.5 Å². The first-order chi connectivity index (χ1) is 7.37. The first kappa shape index (κ1) is 19.3. The van der Waals surface area contributed by atoms with Gasteiger partial charge in [-0.25, -0.2) is 4.79 Å². The van der Waals surface area contributed by atoms with Gasteiger partial charge in [0.2, 0.25) is 0 Å². The number of aliphatic carboxylic acids is 1. The van der Waals surface area contributed by atoms with E-state index in [9.17, 15) is 4.79 Å². The molecule has 1 N–H and O–H groups in total. The van der Waals surface area contributed by atoms with Crippen molar-refractivity contribution < 1.29 is 9.90 Å². The maximum atomic E-state index is 9.83. The Kier molecular flexibility index (Phi) is 18.3. The highest BCUT2D eigenvalue weighted by molar-refractivity contribution is 5.85. The summed E-state index contributed by atoms with van der Waals surface area (Å²) in [7, 11) is 0. The lowest BCUT2D eigenvalue weighted by Gasteiger charge is -1.87. The number of allylic oxidation sites excluding steroid dienone is 2. The molecule has 4 heteroatoms. The third-order valence-electron chi connectivity index (χ3n) is 1.01. The average molecular weight is 220 g/mol. The van der Waals surface area contributed by atoms with Gasteiger partial charge in [-0.15, -0.1) is 0 Å². The molecule has 0 radical (unpaired) electrons. The van der Waals surface area contributed by atoms with Crippen molar-refractivity contribution in [3.8, 4) is 12.1 Å². The van der Waals surface area contributed by atoms with E-state index in [1.807, 2.05) is 6.07 Å². The Morgan fingerprint density at radius 3 is 1.75 bits per heavy atom. The van der Waals surface area contributed by atoms with Crippen LogP contribution in [-0.2, 0) is 4.79 Å². The molecule has 86 valence electrons. The minimum Gasteiger partial charge on any atom is -0.478 e. The van der Waals surface area contributed by atoms with Crippen LogP contribution in [0.3, 0.4) is 0 Å². The van der Waals surface area contributed by atoms with Crippen LogP contribution in [-0.4, -0.2) is 11.1 Å². The number of carbonyl (C=O) groups is 1. The number of nitrogens with zero attached hydrogens (tertiary/aromatic N) is 2. The van der Waals surface area contributed by atoms with Crippen LogP contribution in [0.1, 0.15) is 20.3 Å². The molecule has 0 bridgehead atoms. The molecule has 0 aromatic rings. The van der Waals surface area contributed by atoms with Gasteiger partial charge in [0.15, 0.2) is 0 Å². The van der Waals surface area contributed by atoms with Crippen molar-refractivity contribution in [1.29, 1.82) is 10.5 Å². The average Bonchev–Trinajstić information content (AvgIpc) is 2.28. The molecule has 0 atom stereocenters. The Labute approximate surface area is 96.4 Å².